The van der Waals surface area contributed by atoms with Gasteiger partial charge in [0.05, 0.1) is 38.4 Å². The summed E-state index contributed by atoms with van der Waals surface area (Å²) in [5.74, 6) is -3.68. The summed E-state index contributed by atoms with van der Waals surface area (Å²) in [6.45, 7) is 1.04. The summed E-state index contributed by atoms with van der Waals surface area (Å²) in [6, 6.07) is 8.62. The van der Waals surface area contributed by atoms with Crippen molar-refractivity contribution in [2.24, 2.45) is 0 Å². The Morgan fingerprint density at radius 2 is 1.30 bits per heavy atom. The molecule has 148 valence electrons. The second-order valence-corrected chi connectivity index (χ2v) is 5.18. The first kappa shape index (κ1) is 22.3. The van der Waals surface area contributed by atoms with Crippen LogP contribution >= 0.6 is 0 Å². The number of Topliss-reactive ketones (excluding diaryl/α,β-unsaturated/α-hetero) is 1. The van der Waals surface area contributed by atoms with Crippen LogP contribution in [0.1, 0.15) is 23.2 Å². The summed E-state index contributed by atoms with van der Waals surface area (Å²) in [6.07, 6.45) is -0.673. The van der Waals surface area contributed by atoms with Crippen molar-refractivity contribution < 1.29 is 43.2 Å². The van der Waals surface area contributed by atoms with E-state index in [0.717, 1.165) is 0 Å². The molecule has 27 heavy (non-hydrogen) atoms. The Balaban J connectivity index is 1.90. The quantitative estimate of drug-likeness (QED) is 0.283. The van der Waals surface area contributed by atoms with Crippen molar-refractivity contribution in [1.82, 2.24) is 0 Å². The lowest BCUT2D eigenvalue weighted by Gasteiger charge is -2.07. The van der Waals surface area contributed by atoms with E-state index in [4.69, 9.17) is 24.1 Å². The van der Waals surface area contributed by atoms with Crippen molar-refractivity contribution in [2.75, 3.05) is 39.6 Å². The van der Waals surface area contributed by atoms with Crippen molar-refractivity contribution in [3.05, 3.63) is 35.9 Å². The highest BCUT2D eigenvalue weighted by atomic mass is 16.6. The van der Waals surface area contributed by atoms with Gasteiger partial charge in [-0.3, -0.25) is 9.59 Å². The smallest absolute Gasteiger partial charge is 0.372 e. The Hall–Kier alpha value is -2.78. The zero-order valence-electron chi connectivity index (χ0n) is 14.8. The van der Waals surface area contributed by atoms with Gasteiger partial charge in [-0.25, -0.2) is 9.59 Å². The minimum atomic E-state index is -1.57. The molecule has 0 saturated heterocycles. The van der Waals surface area contributed by atoms with Crippen molar-refractivity contribution in [3.8, 4) is 0 Å². The molecule has 0 bridgehead atoms. The summed E-state index contributed by atoms with van der Waals surface area (Å²) in [5.41, 5.74) is 0.475. The standard InChI is InChI=1S/C18H22O9/c19-15(17(21)22)6-7-16(20)26-12-10-24-8-9-25-11-13-27-18(23)14-4-2-1-3-5-14/h1-5H,6-13H2,(H,21,22). The largest absolute Gasteiger partial charge is 0.476 e. The van der Waals surface area contributed by atoms with Gasteiger partial charge in [-0.2, -0.15) is 0 Å². The van der Waals surface area contributed by atoms with Gasteiger partial charge in [-0.15, -0.1) is 0 Å². The Bertz CT molecular complexity index is 613. The molecule has 0 amide bonds. The van der Waals surface area contributed by atoms with E-state index in [1.165, 1.54) is 0 Å². The third-order valence-electron chi connectivity index (χ3n) is 3.13. The monoisotopic (exact) mass is 382 g/mol. The molecule has 0 fully saturated rings. The van der Waals surface area contributed by atoms with Crippen LogP contribution in [0.5, 0.6) is 0 Å². The van der Waals surface area contributed by atoms with E-state index in [9.17, 15) is 19.2 Å². The Morgan fingerprint density at radius 1 is 0.741 bits per heavy atom. The van der Waals surface area contributed by atoms with Gasteiger partial charge < -0.3 is 24.1 Å². The van der Waals surface area contributed by atoms with Gasteiger partial charge in [-0.05, 0) is 12.1 Å². The average molecular weight is 382 g/mol. The molecule has 0 aromatic heterocycles. The highest BCUT2D eigenvalue weighted by Gasteiger charge is 2.14. The van der Waals surface area contributed by atoms with E-state index < -0.39 is 30.1 Å². The van der Waals surface area contributed by atoms with Crippen LogP contribution in [0.3, 0.4) is 0 Å². The van der Waals surface area contributed by atoms with Gasteiger partial charge in [-0.1, -0.05) is 18.2 Å². The summed E-state index contributed by atoms with van der Waals surface area (Å²) < 4.78 is 20.2. The molecule has 9 heteroatoms. The maximum Gasteiger partial charge on any atom is 0.372 e. The first-order valence-corrected chi connectivity index (χ1v) is 8.30. The van der Waals surface area contributed by atoms with Gasteiger partial charge in [0, 0.05) is 6.42 Å². The van der Waals surface area contributed by atoms with E-state index in [1.54, 1.807) is 30.3 Å². The predicted octanol–water partition coefficient (Wildman–Crippen LogP) is 0.854. The van der Waals surface area contributed by atoms with E-state index >= 15 is 0 Å². The first-order valence-electron chi connectivity index (χ1n) is 8.30. The SMILES string of the molecule is O=C(CCC(=O)C(=O)O)OCCOCCOCCOC(=O)c1ccccc1. The lowest BCUT2D eigenvalue weighted by Crippen LogP contribution is -2.17. The van der Waals surface area contributed by atoms with Crippen molar-refractivity contribution in [3.63, 3.8) is 0 Å². The van der Waals surface area contributed by atoms with Crippen LogP contribution in [-0.2, 0) is 33.3 Å². The number of carbonyl (C=O) groups excluding carboxylic acids is 3. The van der Waals surface area contributed by atoms with E-state index in [1.807, 2.05) is 0 Å². The lowest BCUT2D eigenvalue weighted by atomic mass is 10.2. The van der Waals surface area contributed by atoms with Crippen LogP contribution in [0.25, 0.3) is 0 Å². The molecule has 0 aliphatic heterocycles. The number of rotatable bonds is 14. The molecule has 1 N–H and O–H groups in total. The highest BCUT2D eigenvalue weighted by molar-refractivity contribution is 6.32. The van der Waals surface area contributed by atoms with Crippen LogP contribution in [0.2, 0.25) is 0 Å². The minimum Gasteiger partial charge on any atom is -0.476 e. The van der Waals surface area contributed by atoms with E-state index in [-0.39, 0.29) is 46.1 Å². The molecule has 0 unspecified atom stereocenters. The molecule has 0 atom stereocenters. The zero-order chi connectivity index (χ0) is 19.9. The molecule has 0 spiro atoms. The summed E-state index contributed by atoms with van der Waals surface area (Å²) in [5, 5.41) is 8.37. The Labute approximate surface area is 156 Å². The second-order valence-electron chi connectivity index (χ2n) is 5.18. The normalized spacial score (nSPS) is 10.2. The van der Waals surface area contributed by atoms with Crippen molar-refractivity contribution >= 4 is 23.7 Å². The fraction of sp³-hybridized carbons (Fsp3) is 0.444. The molecule has 1 aromatic rings. The van der Waals surface area contributed by atoms with Crippen LogP contribution in [0.15, 0.2) is 30.3 Å². The molecular formula is C18H22O9. The third-order valence-corrected chi connectivity index (χ3v) is 3.13. The Morgan fingerprint density at radius 3 is 1.89 bits per heavy atom. The lowest BCUT2D eigenvalue weighted by molar-refractivity contribution is -0.151. The van der Waals surface area contributed by atoms with Gasteiger partial charge in [0.1, 0.15) is 13.2 Å². The van der Waals surface area contributed by atoms with Gasteiger partial charge in [0.2, 0.25) is 5.78 Å². The van der Waals surface area contributed by atoms with Crippen LogP contribution < -0.4 is 0 Å². The predicted molar refractivity (Wildman–Crippen MR) is 91.2 cm³/mol. The first-order chi connectivity index (χ1) is 13.0. The number of ether oxygens (including phenoxy) is 4. The molecule has 0 heterocycles. The van der Waals surface area contributed by atoms with Crippen LogP contribution in [-0.4, -0.2) is 68.4 Å². The Kier molecular flexibility index (Phi) is 11.1. The van der Waals surface area contributed by atoms with Crippen molar-refractivity contribution in [1.29, 1.82) is 0 Å². The molecule has 0 radical (unpaired) electrons. The maximum atomic E-state index is 11.6. The van der Waals surface area contributed by atoms with Crippen LogP contribution in [0, 0.1) is 0 Å². The molecule has 0 aliphatic carbocycles. The molecule has 0 aliphatic rings. The zero-order valence-corrected chi connectivity index (χ0v) is 14.8. The minimum absolute atomic E-state index is 0.00517. The molecule has 0 saturated carbocycles. The van der Waals surface area contributed by atoms with Gasteiger partial charge in [0.25, 0.3) is 0 Å². The number of esters is 2. The number of carboxylic acid groups (broad SMARTS) is 1. The topological polar surface area (TPSA) is 125 Å². The summed E-state index contributed by atoms with van der Waals surface area (Å²) >= 11 is 0. The number of benzene rings is 1. The molecule has 1 aromatic carbocycles. The third kappa shape index (κ3) is 10.7. The number of carboxylic acids is 1. The maximum absolute atomic E-state index is 11.6. The number of hydrogen-bond donors (Lipinski definition) is 1. The summed E-state index contributed by atoms with van der Waals surface area (Å²) in [7, 11) is 0. The number of carbonyl (C=O) groups is 4. The average Bonchev–Trinajstić information content (AvgIpc) is 2.67. The van der Waals surface area contributed by atoms with Crippen LogP contribution in [0.4, 0.5) is 0 Å². The highest BCUT2D eigenvalue weighted by Crippen LogP contribution is 2.00. The number of ketones is 1. The van der Waals surface area contributed by atoms with E-state index in [0.29, 0.717) is 5.56 Å². The molecular weight excluding hydrogens is 360 g/mol. The molecule has 1 rings (SSSR count). The summed E-state index contributed by atoms with van der Waals surface area (Å²) in [4.78, 5) is 44.0. The number of aliphatic carboxylic acids is 1. The second kappa shape index (κ2) is 13.4. The van der Waals surface area contributed by atoms with Gasteiger partial charge >= 0.3 is 17.9 Å². The van der Waals surface area contributed by atoms with Crippen molar-refractivity contribution in [2.45, 2.75) is 12.8 Å². The number of hydrogen-bond acceptors (Lipinski definition) is 8. The molecule has 9 nitrogen and oxygen atoms in total. The van der Waals surface area contributed by atoms with Gasteiger partial charge in [0.15, 0.2) is 0 Å². The fourth-order valence-electron chi connectivity index (χ4n) is 1.78. The fourth-order valence-corrected chi connectivity index (χ4v) is 1.78. The van der Waals surface area contributed by atoms with E-state index in [2.05, 4.69) is 0 Å².